The maximum atomic E-state index is 11.7. The maximum Gasteiger partial charge on any atom is 0.251 e. The SMILES string of the molecule is CCNC(=NCCN1CCCCC1C)NCCc1cccc(C(=O)NC)c1.I. The van der Waals surface area contributed by atoms with Gasteiger partial charge in [-0.3, -0.25) is 14.7 Å². The fourth-order valence-electron chi connectivity index (χ4n) is 3.46. The van der Waals surface area contributed by atoms with Gasteiger partial charge in [-0.2, -0.15) is 0 Å². The smallest absolute Gasteiger partial charge is 0.251 e. The van der Waals surface area contributed by atoms with Gasteiger partial charge in [0, 0.05) is 38.3 Å². The summed E-state index contributed by atoms with van der Waals surface area (Å²) in [6.07, 6.45) is 4.81. The average molecular weight is 501 g/mol. The Hall–Kier alpha value is -1.35. The van der Waals surface area contributed by atoms with Crippen LogP contribution in [0.15, 0.2) is 29.3 Å². The molecule has 2 rings (SSSR count). The quantitative estimate of drug-likeness (QED) is 0.291. The molecule has 1 aromatic rings. The largest absolute Gasteiger partial charge is 0.357 e. The summed E-state index contributed by atoms with van der Waals surface area (Å²) in [5.41, 5.74) is 1.84. The van der Waals surface area contributed by atoms with Crippen LogP contribution in [0.5, 0.6) is 0 Å². The number of nitrogens with one attached hydrogen (secondary N) is 3. The van der Waals surface area contributed by atoms with E-state index in [0.29, 0.717) is 11.6 Å². The second-order valence-corrected chi connectivity index (χ2v) is 7.10. The molecular weight excluding hydrogens is 465 g/mol. The molecule has 0 bridgehead atoms. The number of likely N-dealkylation sites (tertiary alicyclic amines) is 1. The Labute approximate surface area is 187 Å². The Morgan fingerprint density at radius 3 is 2.82 bits per heavy atom. The van der Waals surface area contributed by atoms with E-state index in [1.807, 2.05) is 18.2 Å². The minimum Gasteiger partial charge on any atom is -0.357 e. The lowest BCUT2D eigenvalue weighted by molar-refractivity contribution is 0.0963. The zero-order chi connectivity index (χ0) is 19.5. The lowest BCUT2D eigenvalue weighted by Gasteiger charge is -2.32. The summed E-state index contributed by atoms with van der Waals surface area (Å²) >= 11 is 0. The van der Waals surface area contributed by atoms with Crippen LogP contribution in [-0.4, -0.2) is 62.6 Å². The molecule has 0 radical (unpaired) electrons. The topological polar surface area (TPSA) is 68.8 Å². The first-order valence-corrected chi connectivity index (χ1v) is 10.2. The monoisotopic (exact) mass is 501 g/mol. The molecule has 1 aliphatic heterocycles. The van der Waals surface area contributed by atoms with Crippen molar-refractivity contribution in [1.82, 2.24) is 20.9 Å². The Balaban J connectivity index is 0.00000392. The van der Waals surface area contributed by atoms with E-state index < -0.39 is 0 Å². The summed E-state index contributed by atoms with van der Waals surface area (Å²) in [4.78, 5) is 19.0. The Morgan fingerprint density at radius 2 is 2.11 bits per heavy atom. The van der Waals surface area contributed by atoms with Crippen LogP contribution >= 0.6 is 24.0 Å². The number of piperidine rings is 1. The number of rotatable bonds is 8. The predicted molar refractivity (Wildman–Crippen MR) is 128 cm³/mol. The van der Waals surface area contributed by atoms with Gasteiger partial charge in [0.1, 0.15) is 0 Å². The van der Waals surface area contributed by atoms with Gasteiger partial charge in [-0.1, -0.05) is 18.6 Å². The third kappa shape index (κ3) is 8.34. The zero-order valence-electron chi connectivity index (χ0n) is 17.5. The molecule has 0 aromatic heterocycles. The highest BCUT2D eigenvalue weighted by Crippen LogP contribution is 2.15. The fourth-order valence-corrected chi connectivity index (χ4v) is 3.46. The van der Waals surface area contributed by atoms with E-state index in [2.05, 4.69) is 40.8 Å². The molecule has 1 fully saturated rings. The third-order valence-corrected chi connectivity index (χ3v) is 5.06. The first-order chi connectivity index (χ1) is 13.1. The molecule has 1 unspecified atom stereocenters. The van der Waals surface area contributed by atoms with Gasteiger partial charge in [0.15, 0.2) is 5.96 Å². The Bertz CT molecular complexity index is 623. The summed E-state index contributed by atoms with van der Waals surface area (Å²) < 4.78 is 0. The summed E-state index contributed by atoms with van der Waals surface area (Å²) in [7, 11) is 1.65. The molecule has 1 aliphatic rings. The molecule has 28 heavy (non-hydrogen) atoms. The first-order valence-electron chi connectivity index (χ1n) is 10.2. The first kappa shape index (κ1) is 24.7. The molecular formula is C21H36IN5O. The molecule has 0 saturated carbocycles. The number of halogens is 1. The van der Waals surface area contributed by atoms with Crippen molar-refractivity contribution in [3.63, 3.8) is 0 Å². The van der Waals surface area contributed by atoms with Crippen LogP contribution in [0.1, 0.15) is 49.0 Å². The minimum absolute atomic E-state index is 0. The normalized spacial score (nSPS) is 17.5. The molecule has 1 atom stereocenters. The Morgan fingerprint density at radius 1 is 1.29 bits per heavy atom. The number of aliphatic imine (C=N–C) groups is 1. The summed E-state index contributed by atoms with van der Waals surface area (Å²) in [6.45, 7) is 9.05. The highest BCUT2D eigenvalue weighted by atomic mass is 127. The lowest BCUT2D eigenvalue weighted by Crippen LogP contribution is -2.41. The number of hydrogen-bond acceptors (Lipinski definition) is 3. The number of benzene rings is 1. The molecule has 1 aromatic carbocycles. The van der Waals surface area contributed by atoms with E-state index in [0.717, 1.165) is 44.1 Å². The van der Waals surface area contributed by atoms with Crippen molar-refractivity contribution in [2.75, 3.05) is 39.8 Å². The van der Waals surface area contributed by atoms with Crippen molar-refractivity contribution in [1.29, 1.82) is 0 Å². The van der Waals surface area contributed by atoms with E-state index in [1.54, 1.807) is 7.05 Å². The standard InChI is InChI=1S/C21H35N5O.HI/c1-4-23-21(25-13-15-26-14-6-5-8-17(26)2)24-12-11-18-9-7-10-19(16-18)20(27)22-3;/h7,9-10,16-17H,4-6,8,11-15H2,1-3H3,(H,22,27)(H2,23,24,25);1H. The highest BCUT2D eigenvalue weighted by molar-refractivity contribution is 14.0. The van der Waals surface area contributed by atoms with Gasteiger partial charge in [-0.15, -0.1) is 24.0 Å². The maximum absolute atomic E-state index is 11.7. The molecule has 0 aliphatic carbocycles. The molecule has 0 spiro atoms. The van der Waals surface area contributed by atoms with Crippen LogP contribution in [0.4, 0.5) is 0 Å². The Kier molecular flexibility index (Phi) is 12.1. The molecule has 158 valence electrons. The average Bonchev–Trinajstić information content (AvgIpc) is 2.69. The van der Waals surface area contributed by atoms with Crippen molar-refractivity contribution in [2.45, 2.75) is 45.6 Å². The van der Waals surface area contributed by atoms with Crippen LogP contribution in [0.2, 0.25) is 0 Å². The number of nitrogens with zero attached hydrogens (tertiary/aromatic N) is 2. The van der Waals surface area contributed by atoms with E-state index in [4.69, 9.17) is 4.99 Å². The second kappa shape index (κ2) is 13.8. The van der Waals surface area contributed by atoms with Crippen LogP contribution in [0, 0.1) is 0 Å². The second-order valence-electron chi connectivity index (χ2n) is 7.10. The molecule has 1 saturated heterocycles. The molecule has 3 N–H and O–H groups in total. The van der Waals surface area contributed by atoms with E-state index in [-0.39, 0.29) is 29.9 Å². The molecule has 7 heteroatoms. The van der Waals surface area contributed by atoms with Crippen molar-refractivity contribution in [3.8, 4) is 0 Å². The van der Waals surface area contributed by atoms with Gasteiger partial charge in [0.2, 0.25) is 0 Å². The minimum atomic E-state index is -0.0494. The van der Waals surface area contributed by atoms with E-state index >= 15 is 0 Å². The van der Waals surface area contributed by atoms with E-state index in [1.165, 1.54) is 25.8 Å². The van der Waals surface area contributed by atoms with Gasteiger partial charge in [-0.05, 0) is 57.4 Å². The number of carbonyl (C=O) groups is 1. The molecule has 6 nitrogen and oxygen atoms in total. The van der Waals surface area contributed by atoms with Crippen LogP contribution in [0.3, 0.4) is 0 Å². The van der Waals surface area contributed by atoms with Gasteiger partial charge < -0.3 is 16.0 Å². The predicted octanol–water partition coefficient (Wildman–Crippen LogP) is 2.64. The van der Waals surface area contributed by atoms with Crippen molar-refractivity contribution in [2.24, 2.45) is 4.99 Å². The van der Waals surface area contributed by atoms with Crippen LogP contribution in [-0.2, 0) is 6.42 Å². The fraction of sp³-hybridized carbons (Fsp3) is 0.619. The number of hydrogen-bond donors (Lipinski definition) is 3. The molecule has 1 heterocycles. The lowest BCUT2D eigenvalue weighted by atomic mass is 10.0. The van der Waals surface area contributed by atoms with E-state index in [9.17, 15) is 4.79 Å². The third-order valence-electron chi connectivity index (χ3n) is 5.06. The van der Waals surface area contributed by atoms with Crippen LogP contribution < -0.4 is 16.0 Å². The number of carbonyl (C=O) groups excluding carboxylic acids is 1. The summed E-state index contributed by atoms with van der Waals surface area (Å²) in [5.74, 6) is 0.816. The summed E-state index contributed by atoms with van der Waals surface area (Å²) in [6, 6.07) is 8.44. The van der Waals surface area contributed by atoms with Gasteiger partial charge in [0.05, 0.1) is 6.54 Å². The van der Waals surface area contributed by atoms with Gasteiger partial charge in [0.25, 0.3) is 5.91 Å². The van der Waals surface area contributed by atoms with Crippen molar-refractivity contribution in [3.05, 3.63) is 35.4 Å². The van der Waals surface area contributed by atoms with Gasteiger partial charge in [-0.25, -0.2) is 0 Å². The van der Waals surface area contributed by atoms with Gasteiger partial charge >= 0.3 is 0 Å². The van der Waals surface area contributed by atoms with Crippen molar-refractivity contribution >= 4 is 35.8 Å². The number of amides is 1. The molecule has 1 amide bonds. The number of guanidine groups is 1. The van der Waals surface area contributed by atoms with Crippen molar-refractivity contribution < 1.29 is 4.79 Å². The van der Waals surface area contributed by atoms with Crippen LogP contribution in [0.25, 0.3) is 0 Å². The highest BCUT2D eigenvalue weighted by Gasteiger charge is 2.17. The zero-order valence-corrected chi connectivity index (χ0v) is 19.8. The summed E-state index contributed by atoms with van der Waals surface area (Å²) in [5, 5.41) is 9.38.